The molecule has 5 nitrogen and oxygen atoms in total. The standard InChI is InChI=1S/C13H12BrN5S/c1-2-15-13-17-11-8(7-16-19-11)12(18-13)20-10-6-4-3-5-9(10)14/h3-7H,2H2,1H3,(H2,15,16,17,18,19). The Morgan fingerprint density at radius 3 is 2.95 bits per heavy atom. The van der Waals surface area contributed by atoms with Crippen molar-refractivity contribution >= 4 is 44.7 Å². The molecule has 0 aliphatic rings. The summed E-state index contributed by atoms with van der Waals surface area (Å²) in [6.07, 6.45) is 1.75. The van der Waals surface area contributed by atoms with Crippen molar-refractivity contribution in [3.63, 3.8) is 0 Å². The number of fused-ring (bicyclic) bond motifs is 1. The zero-order valence-corrected chi connectivity index (χ0v) is 13.1. The lowest BCUT2D eigenvalue weighted by molar-refractivity contribution is 1.04. The molecule has 7 heteroatoms. The first-order chi connectivity index (χ1) is 9.78. The second kappa shape index (κ2) is 5.80. The van der Waals surface area contributed by atoms with Crippen molar-refractivity contribution in [2.24, 2.45) is 0 Å². The van der Waals surface area contributed by atoms with E-state index in [9.17, 15) is 0 Å². The summed E-state index contributed by atoms with van der Waals surface area (Å²) in [6, 6.07) is 8.06. The lowest BCUT2D eigenvalue weighted by atomic mass is 10.4. The maximum atomic E-state index is 4.56. The van der Waals surface area contributed by atoms with Gasteiger partial charge in [-0.1, -0.05) is 23.9 Å². The lowest BCUT2D eigenvalue weighted by Crippen LogP contribution is -2.02. The first-order valence-corrected chi connectivity index (χ1v) is 7.76. The highest BCUT2D eigenvalue weighted by molar-refractivity contribution is 9.10. The summed E-state index contributed by atoms with van der Waals surface area (Å²) in [5, 5.41) is 11.9. The lowest BCUT2D eigenvalue weighted by Gasteiger charge is -2.07. The van der Waals surface area contributed by atoms with E-state index in [2.05, 4.69) is 47.5 Å². The summed E-state index contributed by atoms with van der Waals surface area (Å²) in [4.78, 5) is 10.1. The topological polar surface area (TPSA) is 66.5 Å². The van der Waals surface area contributed by atoms with E-state index in [0.717, 1.165) is 32.0 Å². The van der Waals surface area contributed by atoms with E-state index in [0.29, 0.717) is 5.95 Å². The van der Waals surface area contributed by atoms with Gasteiger partial charge in [-0.15, -0.1) is 0 Å². The van der Waals surface area contributed by atoms with E-state index in [-0.39, 0.29) is 0 Å². The van der Waals surface area contributed by atoms with E-state index in [1.165, 1.54) is 0 Å². The van der Waals surface area contributed by atoms with Crippen LogP contribution in [-0.4, -0.2) is 26.7 Å². The van der Waals surface area contributed by atoms with Crippen LogP contribution in [0.15, 0.2) is 44.9 Å². The van der Waals surface area contributed by atoms with Crippen LogP contribution in [0.5, 0.6) is 0 Å². The molecule has 102 valence electrons. The monoisotopic (exact) mass is 349 g/mol. The normalized spacial score (nSPS) is 10.9. The van der Waals surface area contributed by atoms with Gasteiger partial charge in [-0.3, -0.25) is 5.10 Å². The number of hydrogen-bond acceptors (Lipinski definition) is 5. The van der Waals surface area contributed by atoms with Crippen molar-refractivity contribution in [2.45, 2.75) is 16.8 Å². The van der Waals surface area contributed by atoms with Crippen LogP contribution in [-0.2, 0) is 0 Å². The fraction of sp³-hybridized carbons (Fsp3) is 0.154. The van der Waals surface area contributed by atoms with Crippen LogP contribution in [0.3, 0.4) is 0 Å². The number of rotatable bonds is 4. The molecule has 0 saturated carbocycles. The van der Waals surface area contributed by atoms with E-state index in [1.54, 1.807) is 18.0 Å². The average molecular weight is 350 g/mol. The van der Waals surface area contributed by atoms with Crippen LogP contribution in [0.1, 0.15) is 6.92 Å². The van der Waals surface area contributed by atoms with Gasteiger partial charge in [0.1, 0.15) is 5.03 Å². The van der Waals surface area contributed by atoms with Crippen LogP contribution in [0.4, 0.5) is 5.95 Å². The largest absolute Gasteiger partial charge is 0.354 e. The minimum absolute atomic E-state index is 0.610. The fourth-order valence-electron chi connectivity index (χ4n) is 1.76. The number of aromatic amines is 1. The third kappa shape index (κ3) is 2.64. The number of H-pyrrole nitrogens is 1. The van der Waals surface area contributed by atoms with Crippen molar-refractivity contribution in [3.8, 4) is 0 Å². The summed E-state index contributed by atoms with van der Waals surface area (Å²) in [6.45, 7) is 2.79. The van der Waals surface area contributed by atoms with Gasteiger partial charge in [0.2, 0.25) is 5.95 Å². The van der Waals surface area contributed by atoms with E-state index in [1.807, 2.05) is 25.1 Å². The smallest absolute Gasteiger partial charge is 0.225 e. The SMILES string of the molecule is CCNc1nc(Sc2ccccc2Br)c2cn[nH]c2n1. The van der Waals surface area contributed by atoms with Crippen LogP contribution in [0.25, 0.3) is 11.0 Å². The van der Waals surface area contributed by atoms with Crippen molar-refractivity contribution in [2.75, 3.05) is 11.9 Å². The van der Waals surface area contributed by atoms with Gasteiger partial charge in [-0.2, -0.15) is 10.1 Å². The van der Waals surface area contributed by atoms with Crippen molar-refractivity contribution in [1.29, 1.82) is 0 Å². The Bertz CT molecular complexity index is 742. The average Bonchev–Trinajstić information content (AvgIpc) is 2.90. The number of nitrogens with zero attached hydrogens (tertiary/aromatic N) is 3. The number of benzene rings is 1. The molecule has 0 fully saturated rings. The van der Waals surface area contributed by atoms with Crippen LogP contribution in [0.2, 0.25) is 0 Å². The number of anilines is 1. The van der Waals surface area contributed by atoms with Crippen LogP contribution >= 0.6 is 27.7 Å². The summed E-state index contributed by atoms with van der Waals surface area (Å²) < 4.78 is 1.05. The number of hydrogen-bond donors (Lipinski definition) is 2. The highest BCUT2D eigenvalue weighted by Gasteiger charge is 2.11. The second-order valence-corrected chi connectivity index (χ2v) is 5.93. The van der Waals surface area contributed by atoms with E-state index in [4.69, 9.17) is 0 Å². The van der Waals surface area contributed by atoms with Gasteiger partial charge < -0.3 is 5.32 Å². The summed E-state index contributed by atoms with van der Waals surface area (Å²) in [5.41, 5.74) is 0.741. The molecular formula is C13H12BrN5S. The molecule has 0 spiro atoms. The molecule has 0 radical (unpaired) electrons. The number of nitrogens with one attached hydrogen (secondary N) is 2. The first kappa shape index (κ1) is 13.4. The zero-order valence-electron chi connectivity index (χ0n) is 10.7. The molecule has 1 aromatic carbocycles. The molecule has 0 bridgehead atoms. The molecule has 0 atom stereocenters. The molecule has 0 aliphatic carbocycles. The van der Waals surface area contributed by atoms with Gasteiger partial charge in [-0.25, -0.2) is 4.98 Å². The van der Waals surface area contributed by atoms with Crippen molar-refractivity contribution < 1.29 is 0 Å². The Hall–Kier alpha value is -1.60. The highest BCUT2D eigenvalue weighted by Crippen LogP contribution is 2.35. The molecule has 0 amide bonds. The van der Waals surface area contributed by atoms with Gasteiger partial charge in [0.25, 0.3) is 0 Å². The molecule has 2 heterocycles. The van der Waals surface area contributed by atoms with E-state index >= 15 is 0 Å². The van der Waals surface area contributed by atoms with Crippen LogP contribution in [0, 0.1) is 0 Å². The third-order valence-corrected chi connectivity index (χ3v) is 4.69. The number of aromatic nitrogens is 4. The highest BCUT2D eigenvalue weighted by atomic mass is 79.9. The molecule has 0 saturated heterocycles. The molecule has 2 aromatic heterocycles. The number of halogens is 1. The molecule has 3 aromatic rings. The quantitative estimate of drug-likeness (QED) is 0.703. The summed E-state index contributed by atoms with van der Waals surface area (Å²) in [5.74, 6) is 0.610. The molecule has 20 heavy (non-hydrogen) atoms. The van der Waals surface area contributed by atoms with Crippen molar-refractivity contribution in [3.05, 3.63) is 34.9 Å². The third-order valence-electron chi connectivity index (χ3n) is 2.65. The van der Waals surface area contributed by atoms with Gasteiger partial charge in [0, 0.05) is 15.9 Å². The summed E-state index contributed by atoms with van der Waals surface area (Å²) in [7, 11) is 0. The predicted octanol–water partition coefficient (Wildman–Crippen LogP) is 3.70. The molecule has 2 N–H and O–H groups in total. The van der Waals surface area contributed by atoms with Gasteiger partial charge in [0.05, 0.1) is 11.6 Å². The minimum atomic E-state index is 0.610. The fourth-order valence-corrected chi connectivity index (χ4v) is 3.19. The Morgan fingerprint density at radius 1 is 1.30 bits per heavy atom. The van der Waals surface area contributed by atoms with Gasteiger partial charge >= 0.3 is 0 Å². The Labute approximate surface area is 128 Å². The Kier molecular flexibility index (Phi) is 3.88. The predicted molar refractivity (Wildman–Crippen MR) is 84.1 cm³/mol. The Balaban J connectivity index is 2.05. The van der Waals surface area contributed by atoms with Crippen LogP contribution < -0.4 is 5.32 Å². The van der Waals surface area contributed by atoms with Gasteiger partial charge in [-0.05, 0) is 35.0 Å². The molecular weight excluding hydrogens is 338 g/mol. The molecule has 0 aliphatic heterocycles. The maximum absolute atomic E-state index is 4.56. The maximum Gasteiger partial charge on any atom is 0.225 e. The molecule has 0 unspecified atom stereocenters. The minimum Gasteiger partial charge on any atom is -0.354 e. The van der Waals surface area contributed by atoms with Crippen molar-refractivity contribution in [1.82, 2.24) is 20.2 Å². The van der Waals surface area contributed by atoms with Gasteiger partial charge in [0.15, 0.2) is 5.65 Å². The Morgan fingerprint density at radius 2 is 2.15 bits per heavy atom. The second-order valence-electron chi connectivity index (χ2n) is 4.05. The molecule has 3 rings (SSSR count). The summed E-state index contributed by atoms with van der Waals surface area (Å²) >= 11 is 5.14. The zero-order chi connectivity index (χ0) is 13.9. The van der Waals surface area contributed by atoms with E-state index < -0.39 is 0 Å². The first-order valence-electron chi connectivity index (χ1n) is 6.15.